The molecule has 0 heterocycles. The van der Waals surface area contributed by atoms with Crippen molar-refractivity contribution >= 4 is 29.0 Å². The molecule has 0 radical (unpaired) electrons. The lowest BCUT2D eigenvalue weighted by atomic mass is 10.2. The SMILES string of the molecule is N#CC(=N)C(C#N)NC(=O)Nc1ccccc1Cl. The summed E-state index contributed by atoms with van der Waals surface area (Å²) in [5.41, 5.74) is -0.163. The fourth-order valence-electron chi connectivity index (χ4n) is 1.09. The number of amides is 2. The summed E-state index contributed by atoms with van der Waals surface area (Å²) < 4.78 is 0. The number of hydrogen-bond donors (Lipinski definition) is 3. The van der Waals surface area contributed by atoms with Crippen LogP contribution in [0.15, 0.2) is 24.3 Å². The lowest BCUT2D eigenvalue weighted by molar-refractivity contribution is 0.252. The van der Waals surface area contributed by atoms with E-state index in [9.17, 15) is 4.79 Å². The third-order valence-corrected chi connectivity index (χ3v) is 2.27. The smallest absolute Gasteiger partial charge is 0.316 e. The van der Waals surface area contributed by atoms with Crippen molar-refractivity contribution in [1.29, 1.82) is 15.9 Å². The number of carbonyl (C=O) groups excluding carboxylic acids is 1. The van der Waals surface area contributed by atoms with E-state index >= 15 is 0 Å². The second-order valence-electron chi connectivity index (χ2n) is 3.17. The van der Waals surface area contributed by atoms with Crippen molar-refractivity contribution in [3.8, 4) is 12.1 Å². The van der Waals surface area contributed by atoms with Gasteiger partial charge in [0.05, 0.1) is 16.8 Å². The number of rotatable bonds is 3. The lowest BCUT2D eigenvalue weighted by Gasteiger charge is -2.11. The Kier molecular flexibility index (Phi) is 4.67. The summed E-state index contributed by atoms with van der Waals surface area (Å²) in [6.07, 6.45) is 0. The molecule has 0 bridgehead atoms. The summed E-state index contributed by atoms with van der Waals surface area (Å²) in [6.45, 7) is 0. The number of nitriles is 2. The van der Waals surface area contributed by atoms with Crippen molar-refractivity contribution in [1.82, 2.24) is 5.32 Å². The van der Waals surface area contributed by atoms with Gasteiger partial charge in [-0.3, -0.25) is 5.41 Å². The number of carbonyl (C=O) groups is 1. The summed E-state index contributed by atoms with van der Waals surface area (Å²) in [6, 6.07) is 7.69. The molecule has 1 aromatic carbocycles. The molecule has 0 saturated heterocycles. The number of hydrogen-bond acceptors (Lipinski definition) is 4. The van der Waals surface area contributed by atoms with Gasteiger partial charge in [-0.05, 0) is 12.1 Å². The van der Waals surface area contributed by atoms with Crippen molar-refractivity contribution in [3.63, 3.8) is 0 Å². The number of benzene rings is 1. The third-order valence-electron chi connectivity index (χ3n) is 1.94. The van der Waals surface area contributed by atoms with Gasteiger partial charge in [0.15, 0.2) is 6.04 Å². The van der Waals surface area contributed by atoms with Gasteiger partial charge >= 0.3 is 6.03 Å². The number of halogens is 1. The molecule has 0 saturated carbocycles. The zero-order valence-corrected chi connectivity index (χ0v) is 9.82. The van der Waals surface area contributed by atoms with Gasteiger partial charge in [-0.25, -0.2) is 4.79 Å². The van der Waals surface area contributed by atoms with E-state index in [0.29, 0.717) is 10.7 Å². The first-order chi connectivity index (χ1) is 8.58. The first-order valence-electron chi connectivity index (χ1n) is 4.78. The Morgan fingerprint density at radius 3 is 2.61 bits per heavy atom. The summed E-state index contributed by atoms with van der Waals surface area (Å²) in [5.74, 6) is 0. The molecule has 0 aliphatic carbocycles. The normalized spacial score (nSPS) is 10.6. The maximum atomic E-state index is 11.5. The van der Waals surface area contributed by atoms with Crippen LogP contribution in [0.4, 0.5) is 10.5 Å². The molecule has 18 heavy (non-hydrogen) atoms. The molecule has 1 rings (SSSR count). The fourth-order valence-corrected chi connectivity index (χ4v) is 1.27. The predicted molar refractivity (Wildman–Crippen MR) is 66.3 cm³/mol. The summed E-state index contributed by atoms with van der Waals surface area (Å²) in [5, 5.41) is 29.2. The molecule has 1 atom stereocenters. The van der Waals surface area contributed by atoms with Gasteiger partial charge in [0.2, 0.25) is 0 Å². The molecule has 0 aliphatic rings. The maximum absolute atomic E-state index is 11.5. The topological polar surface area (TPSA) is 113 Å². The molecule has 0 aliphatic heterocycles. The Labute approximate surface area is 108 Å². The number of para-hydroxylation sites is 1. The molecule has 1 unspecified atom stereocenters. The van der Waals surface area contributed by atoms with E-state index in [-0.39, 0.29) is 0 Å². The summed E-state index contributed by atoms with van der Waals surface area (Å²) in [7, 11) is 0. The largest absolute Gasteiger partial charge is 0.320 e. The molecule has 1 aromatic rings. The molecule has 6 nitrogen and oxygen atoms in total. The molecule has 0 spiro atoms. The molecule has 7 heteroatoms. The Morgan fingerprint density at radius 1 is 1.39 bits per heavy atom. The standard InChI is InChI=1S/C11H8ClN5O/c12-7-3-1-2-4-9(7)16-11(18)17-10(6-14)8(15)5-13/h1-4,10,15H,(H2,16,17,18). The van der Waals surface area contributed by atoms with E-state index in [1.165, 1.54) is 6.07 Å². The van der Waals surface area contributed by atoms with Gasteiger partial charge < -0.3 is 10.6 Å². The van der Waals surface area contributed by atoms with E-state index < -0.39 is 17.8 Å². The highest BCUT2D eigenvalue weighted by Crippen LogP contribution is 2.19. The van der Waals surface area contributed by atoms with Crippen molar-refractivity contribution in [2.75, 3.05) is 5.32 Å². The second kappa shape index (κ2) is 6.24. The molecule has 0 aromatic heterocycles. The minimum atomic E-state index is -1.28. The Morgan fingerprint density at radius 2 is 2.06 bits per heavy atom. The van der Waals surface area contributed by atoms with Gasteiger partial charge in [0, 0.05) is 0 Å². The molecule has 90 valence electrons. The highest BCUT2D eigenvalue weighted by molar-refractivity contribution is 6.33. The first-order valence-corrected chi connectivity index (χ1v) is 5.16. The number of nitrogens with zero attached hydrogens (tertiary/aromatic N) is 2. The van der Waals surface area contributed by atoms with Crippen LogP contribution < -0.4 is 10.6 Å². The van der Waals surface area contributed by atoms with Crippen LogP contribution in [-0.2, 0) is 0 Å². The Balaban J connectivity index is 2.69. The lowest BCUT2D eigenvalue weighted by Crippen LogP contribution is -2.41. The van der Waals surface area contributed by atoms with Gasteiger partial charge in [-0.2, -0.15) is 10.5 Å². The predicted octanol–water partition coefficient (Wildman–Crippen LogP) is 1.90. The maximum Gasteiger partial charge on any atom is 0.320 e. The molecular formula is C11H8ClN5O. The Bertz CT molecular complexity index is 557. The van der Waals surface area contributed by atoms with Crippen LogP contribution in [0.5, 0.6) is 0 Å². The molecule has 0 fully saturated rings. The number of nitrogens with one attached hydrogen (secondary N) is 3. The minimum absolute atomic E-state index is 0.344. The molecule has 3 N–H and O–H groups in total. The van der Waals surface area contributed by atoms with Crippen molar-refractivity contribution in [3.05, 3.63) is 29.3 Å². The van der Waals surface area contributed by atoms with E-state index in [1.807, 2.05) is 0 Å². The van der Waals surface area contributed by atoms with Crippen LogP contribution in [0, 0.1) is 28.1 Å². The van der Waals surface area contributed by atoms with Crippen molar-refractivity contribution < 1.29 is 4.79 Å². The van der Waals surface area contributed by atoms with Crippen LogP contribution in [0.3, 0.4) is 0 Å². The van der Waals surface area contributed by atoms with E-state index in [0.717, 1.165) is 0 Å². The van der Waals surface area contributed by atoms with Crippen LogP contribution >= 0.6 is 11.6 Å². The van der Waals surface area contributed by atoms with E-state index in [1.54, 1.807) is 30.3 Å². The third kappa shape index (κ3) is 3.48. The van der Waals surface area contributed by atoms with Crippen LogP contribution in [0.25, 0.3) is 0 Å². The Hall–Kier alpha value is -2.57. The van der Waals surface area contributed by atoms with Gasteiger partial charge in [-0.15, -0.1) is 0 Å². The highest BCUT2D eigenvalue weighted by Gasteiger charge is 2.16. The first kappa shape index (κ1) is 13.5. The van der Waals surface area contributed by atoms with Crippen LogP contribution in [0.1, 0.15) is 0 Å². The number of urea groups is 1. The van der Waals surface area contributed by atoms with Crippen molar-refractivity contribution in [2.24, 2.45) is 0 Å². The highest BCUT2D eigenvalue weighted by atomic mass is 35.5. The zero-order chi connectivity index (χ0) is 13.5. The average Bonchev–Trinajstić information content (AvgIpc) is 2.37. The summed E-state index contributed by atoms with van der Waals surface area (Å²) in [4.78, 5) is 11.5. The minimum Gasteiger partial charge on any atom is -0.316 e. The van der Waals surface area contributed by atoms with Crippen LogP contribution in [-0.4, -0.2) is 17.8 Å². The van der Waals surface area contributed by atoms with Crippen LogP contribution in [0.2, 0.25) is 5.02 Å². The molecular weight excluding hydrogens is 254 g/mol. The summed E-state index contributed by atoms with van der Waals surface area (Å²) >= 11 is 5.83. The molecule has 2 amide bonds. The van der Waals surface area contributed by atoms with Gasteiger partial charge in [-0.1, -0.05) is 23.7 Å². The van der Waals surface area contributed by atoms with E-state index in [4.69, 9.17) is 27.5 Å². The fraction of sp³-hybridized carbons (Fsp3) is 0.0909. The number of anilines is 1. The monoisotopic (exact) mass is 261 g/mol. The van der Waals surface area contributed by atoms with Gasteiger partial charge in [0.25, 0.3) is 0 Å². The van der Waals surface area contributed by atoms with Crippen molar-refractivity contribution in [2.45, 2.75) is 6.04 Å². The zero-order valence-electron chi connectivity index (χ0n) is 9.07. The average molecular weight is 262 g/mol. The van der Waals surface area contributed by atoms with Gasteiger partial charge in [0.1, 0.15) is 11.8 Å². The second-order valence-corrected chi connectivity index (χ2v) is 3.57. The quantitative estimate of drug-likeness (QED) is 0.722. The van der Waals surface area contributed by atoms with E-state index in [2.05, 4.69) is 10.6 Å².